The summed E-state index contributed by atoms with van der Waals surface area (Å²) in [5.74, 6) is 0.00631. The van der Waals surface area contributed by atoms with E-state index in [9.17, 15) is 9.59 Å². The summed E-state index contributed by atoms with van der Waals surface area (Å²) in [5, 5.41) is 7.11. The summed E-state index contributed by atoms with van der Waals surface area (Å²) in [4.78, 5) is 25.3. The lowest BCUT2D eigenvalue weighted by atomic mass is 10.0. The molecule has 0 aliphatic rings. The highest BCUT2D eigenvalue weighted by Crippen LogP contribution is 2.30. The number of carbonyl (C=O) groups excluding carboxylic acids is 2. The Bertz CT molecular complexity index is 1370. The van der Waals surface area contributed by atoms with Crippen LogP contribution in [0.5, 0.6) is 17.2 Å². The number of ether oxygens (including phenoxy) is 2. The van der Waals surface area contributed by atoms with Crippen LogP contribution in [-0.2, 0) is 4.79 Å². The quantitative estimate of drug-likeness (QED) is 0.404. The zero-order chi connectivity index (χ0) is 24.8. The molecule has 2 amide bonds. The van der Waals surface area contributed by atoms with Gasteiger partial charge < -0.3 is 20.1 Å². The molecule has 0 heterocycles. The van der Waals surface area contributed by atoms with Crippen LogP contribution >= 0.6 is 0 Å². The van der Waals surface area contributed by atoms with Crippen molar-refractivity contribution >= 4 is 28.3 Å². The highest BCUT2D eigenvalue weighted by atomic mass is 16.5. The molecule has 4 aromatic carbocycles. The van der Waals surface area contributed by atoms with Gasteiger partial charge in [0.15, 0.2) is 5.75 Å². The lowest BCUT2D eigenvalue weighted by molar-refractivity contribution is -0.115. The number of hydrogen-bond donors (Lipinski definition) is 2. The van der Waals surface area contributed by atoms with Crippen LogP contribution in [0.15, 0.2) is 91.0 Å². The molecule has 0 aliphatic heterocycles. The smallest absolute Gasteiger partial charge is 0.252 e. The number of benzene rings is 4. The van der Waals surface area contributed by atoms with Crippen molar-refractivity contribution in [3.05, 3.63) is 96.6 Å². The molecule has 0 saturated carbocycles. The van der Waals surface area contributed by atoms with E-state index in [2.05, 4.69) is 10.6 Å². The number of methoxy groups -OCH3 is 1. The van der Waals surface area contributed by atoms with E-state index in [1.54, 1.807) is 48.5 Å². The predicted octanol–water partition coefficient (Wildman–Crippen LogP) is 5.01. The third-order valence-electron chi connectivity index (χ3n) is 4.76. The molecule has 160 valence electrons. The SMILES string of the molecule is [2H][13C]([2H])([2H])Oc1cccc(Oc2ccccc2NC(=O)CNC(=O)c2cccc3ccccc23)c1. The highest BCUT2D eigenvalue weighted by Gasteiger charge is 2.13. The number of rotatable bonds is 7. The minimum absolute atomic E-state index is 0.125. The first-order chi connectivity index (χ1) is 16.8. The van der Waals surface area contributed by atoms with Crippen molar-refractivity contribution in [2.75, 3.05) is 18.9 Å². The Labute approximate surface area is 190 Å². The van der Waals surface area contributed by atoms with Gasteiger partial charge in [0.05, 0.1) is 23.4 Å². The Morgan fingerprint density at radius 2 is 1.62 bits per heavy atom. The molecule has 0 radical (unpaired) electrons. The van der Waals surface area contributed by atoms with E-state index in [0.717, 1.165) is 10.8 Å². The highest BCUT2D eigenvalue weighted by molar-refractivity contribution is 6.08. The van der Waals surface area contributed by atoms with E-state index >= 15 is 0 Å². The van der Waals surface area contributed by atoms with E-state index in [4.69, 9.17) is 13.6 Å². The summed E-state index contributed by atoms with van der Waals surface area (Å²) in [5.41, 5.74) is 0.873. The number of hydrogen-bond acceptors (Lipinski definition) is 4. The average Bonchev–Trinajstić information content (AvgIpc) is 2.82. The molecule has 0 bridgehead atoms. The van der Waals surface area contributed by atoms with Crippen LogP contribution in [0.4, 0.5) is 5.69 Å². The van der Waals surface area contributed by atoms with Crippen molar-refractivity contribution in [1.29, 1.82) is 0 Å². The van der Waals surface area contributed by atoms with Crippen LogP contribution in [0.2, 0.25) is 0 Å². The minimum Gasteiger partial charge on any atom is -0.497 e. The third-order valence-corrected chi connectivity index (χ3v) is 4.76. The standard InChI is InChI=1S/C26H22N2O4/c1-31-19-10-7-11-20(16-19)32-24-15-5-4-14-23(24)28-25(29)17-27-26(30)22-13-6-9-18-8-2-3-12-21(18)22/h2-16H,17H2,1H3,(H,27,30)(H,28,29)/i1+1D3. The Morgan fingerprint density at radius 3 is 2.53 bits per heavy atom. The summed E-state index contributed by atoms with van der Waals surface area (Å²) in [6.45, 7) is -0.238. The van der Waals surface area contributed by atoms with E-state index in [0.29, 0.717) is 22.7 Å². The lowest BCUT2D eigenvalue weighted by Gasteiger charge is -2.13. The molecule has 0 aromatic heterocycles. The first-order valence-electron chi connectivity index (χ1n) is 11.4. The van der Waals surface area contributed by atoms with Gasteiger partial charge in [0.2, 0.25) is 5.91 Å². The number of fused-ring (bicyclic) bond motifs is 1. The summed E-state index contributed by atoms with van der Waals surface area (Å²) < 4.78 is 32.4. The normalized spacial score (nSPS) is 12.2. The molecule has 0 saturated heterocycles. The summed E-state index contributed by atoms with van der Waals surface area (Å²) >= 11 is 0. The number of nitrogens with one attached hydrogen (secondary N) is 2. The second kappa shape index (κ2) is 9.66. The molecule has 4 aromatic rings. The molecule has 0 aliphatic carbocycles. The van der Waals surface area contributed by atoms with Crippen molar-refractivity contribution in [1.82, 2.24) is 5.32 Å². The first-order valence-corrected chi connectivity index (χ1v) is 9.90. The topological polar surface area (TPSA) is 76.7 Å². The second-order valence-electron chi connectivity index (χ2n) is 6.93. The molecule has 0 fully saturated rings. The second-order valence-corrected chi connectivity index (χ2v) is 6.93. The number of carbonyl (C=O) groups is 2. The maximum atomic E-state index is 12.7. The molecule has 4 rings (SSSR count). The van der Waals surface area contributed by atoms with E-state index < -0.39 is 12.9 Å². The van der Waals surface area contributed by atoms with E-state index in [1.807, 2.05) is 30.3 Å². The minimum atomic E-state index is -2.58. The summed E-state index contributed by atoms with van der Waals surface area (Å²) in [6.07, 6.45) is 0. The molecule has 0 atom stereocenters. The lowest BCUT2D eigenvalue weighted by Crippen LogP contribution is -2.33. The fraction of sp³-hybridized carbons (Fsp3) is 0.0769. The molecule has 6 nitrogen and oxygen atoms in total. The van der Waals surface area contributed by atoms with Gasteiger partial charge in [0.25, 0.3) is 5.91 Å². The van der Waals surface area contributed by atoms with Gasteiger partial charge in [-0.1, -0.05) is 54.6 Å². The number of anilines is 1. The molecule has 6 heteroatoms. The van der Waals surface area contributed by atoms with Crippen molar-refractivity contribution in [2.24, 2.45) is 0 Å². The van der Waals surface area contributed by atoms with E-state index in [-0.39, 0.29) is 18.2 Å². The van der Waals surface area contributed by atoms with E-state index in [1.165, 1.54) is 12.1 Å². The summed E-state index contributed by atoms with van der Waals surface area (Å²) in [7, 11) is -2.58. The zero-order valence-corrected chi connectivity index (χ0v) is 17.0. The van der Waals surface area contributed by atoms with Crippen molar-refractivity contribution in [3.63, 3.8) is 0 Å². The molecular formula is C26H22N2O4. The van der Waals surface area contributed by atoms with Crippen LogP contribution in [0.3, 0.4) is 0 Å². The monoisotopic (exact) mass is 430 g/mol. The number of amides is 2. The van der Waals surface area contributed by atoms with Crippen molar-refractivity contribution < 1.29 is 23.2 Å². The largest absolute Gasteiger partial charge is 0.497 e. The van der Waals surface area contributed by atoms with Crippen LogP contribution < -0.4 is 20.1 Å². The predicted molar refractivity (Wildman–Crippen MR) is 124 cm³/mol. The average molecular weight is 430 g/mol. The molecule has 32 heavy (non-hydrogen) atoms. The molecular weight excluding hydrogens is 405 g/mol. The summed E-state index contributed by atoms with van der Waals surface area (Å²) in [6, 6.07) is 25.9. The Morgan fingerprint density at radius 1 is 0.875 bits per heavy atom. The zero-order valence-electron chi connectivity index (χ0n) is 20.0. The number of para-hydroxylation sites is 2. The van der Waals surface area contributed by atoms with Crippen LogP contribution in [0, 0.1) is 0 Å². The van der Waals surface area contributed by atoms with Gasteiger partial charge in [-0.25, -0.2) is 0 Å². The maximum Gasteiger partial charge on any atom is 0.252 e. The van der Waals surface area contributed by atoms with Crippen LogP contribution in [0.1, 0.15) is 14.5 Å². The Balaban J connectivity index is 1.41. The van der Waals surface area contributed by atoms with Gasteiger partial charge in [0.1, 0.15) is 11.5 Å². The molecule has 0 unspecified atom stereocenters. The van der Waals surface area contributed by atoms with Gasteiger partial charge in [-0.3, -0.25) is 9.59 Å². The van der Waals surface area contributed by atoms with Crippen molar-refractivity contribution in [2.45, 2.75) is 0 Å². The Kier molecular flexibility index (Phi) is 5.24. The first kappa shape index (κ1) is 17.4. The molecule has 2 N–H and O–H groups in total. The van der Waals surface area contributed by atoms with Gasteiger partial charge in [-0.15, -0.1) is 0 Å². The van der Waals surface area contributed by atoms with Crippen LogP contribution in [0.25, 0.3) is 10.8 Å². The fourth-order valence-corrected chi connectivity index (χ4v) is 3.26. The third kappa shape index (κ3) is 4.87. The Hall–Kier alpha value is -4.32. The molecule has 0 spiro atoms. The van der Waals surface area contributed by atoms with Crippen LogP contribution in [-0.4, -0.2) is 25.4 Å². The van der Waals surface area contributed by atoms with Gasteiger partial charge in [0, 0.05) is 11.6 Å². The van der Waals surface area contributed by atoms with Gasteiger partial charge in [-0.05, 0) is 41.1 Å². The van der Waals surface area contributed by atoms with Gasteiger partial charge in [-0.2, -0.15) is 0 Å². The fourth-order valence-electron chi connectivity index (χ4n) is 3.26. The van der Waals surface area contributed by atoms with Crippen molar-refractivity contribution in [3.8, 4) is 17.2 Å². The maximum absolute atomic E-state index is 12.7. The van der Waals surface area contributed by atoms with Gasteiger partial charge >= 0.3 is 0 Å².